The van der Waals surface area contributed by atoms with Crippen LogP contribution < -0.4 is 5.32 Å². The number of fused-ring (bicyclic) bond motifs is 1. The summed E-state index contributed by atoms with van der Waals surface area (Å²) in [7, 11) is 0. The van der Waals surface area contributed by atoms with Gasteiger partial charge in [-0.05, 0) is 29.3 Å². The molecule has 0 aliphatic carbocycles. The fourth-order valence-electron chi connectivity index (χ4n) is 2.00. The van der Waals surface area contributed by atoms with E-state index < -0.39 is 0 Å². The first kappa shape index (κ1) is 12.9. The number of rotatable bonds is 4. The van der Waals surface area contributed by atoms with Gasteiger partial charge in [0.1, 0.15) is 5.82 Å². The van der Waals surface area contributed by atoms with E-state index in [4.69, 9.17) is 11.6 Å². The van der Waals surface area contributed by atoms with Gasteiger partial charge in [0, 0.05) is 12.4 Å². The van der Waals surface area contributed by atoms with Crippen molar-refractivity contribution in [2.45, 2.75) is 12.4 Å². The second-order valence-electron chi connectivity index (χ2n) is 4.55. The zero-order valence-electron chi connectivity index (χ0n) is 10.7. The highest BCUT2D eigenvalue weighted by Crippen LogP contribution is 2.16. The van der Waals surface area contributed by atoms with Crippen molar-refractivity contribution in [1.82, 2.24) is 9.97 Å². The van der Waals surface area contributed by atoms with Gasteiger partial charge in [0.25, 0.3) is 0 Å². The first-order valence-corrected chi connectivity index (χ1v) is 6.81. The summed E-state index contributed by atoms with van der Waals surface area (Å²) in [6, 6.07) is 12.5. The maximum atomic E-state index is 13.1. The van der Waals surface area contributed by atoms with E-state index in [1.165, 1.54) is 12.1 Å². The Morgan fingerprint density at radius 3 is 2.60 bits per heavy atom. The quantitative estimate of drug-likeness (QED) is 0.711. The summed E-state index contributed by atoms with van der Waals surface area (Å²) >= 11 is 5.75. The minimum atomic E-state index is -0.274. The molecule has 0 saturated heterocycles. The molecule has 2 aromatic carbocycles. The normalized spacial score (nSPS) is 10.9. The number of benzene rings is 2. The fraction of sp³-hybridized carbons (Fsp3) is 0.133. The zero-order valence-corrected chi connectivity index (χ0v) is 11.4. The lowest BCUT2D eigenvalue weighted by Crippen LogP contribution is -2.00. The number of alkyl halides is 1. The molecule has 102 valence electrons. The van der Waals surface area contributed by atoms with Crippen LogP contribution in [0.5, 0.6) is 0 Å². The number of nitrogens with one attached hydrogen (secondary N) is 2. The maximum Gasteiger partial charge on any atom is 0.201 e. The molecule has 0 atom stereocenters. The largest absolute Gasteiger partial charge is 0.352 e. The summed E-state index contributed by atoms with van der Waals surface area (Å²) in [5, 5.41) is 3.19. The van der Waals surface area contributed by atoms with Crippen molar-refractivity contribution in [3.63, 3.8) is 0 Å². The predicted molar refractivity (Wildman–Crippen MR) is 79.4 cm³/mol. The van der Waals surface area contributed by atoms with E-state index in [9.17, 15) is 4.39 Å². The number of H-pyrrole nitrogens is 1. The van der Waals surface area contributed by atoms with Crippen molar-refractivity contribution >= 4 is 28.6 Å². The van der Waals surface area contributed by atoms with E-state index >= 15 is 0 Å². The Morgan fingerprint density at radius 2 is 1.85 bits per heavy atom. The molecule has 3 nitrogen and oxygen atoms in total. The van der Waals surface area contributed by atoms with E-state index in [2.05, 4.69) is 15.3 Å². The molecule has 0 radical (unpaired) electrons. The molecule has 0 spiro atoms. The van der Waals surface area contributed by atoms with Gasteiger partial charge in [-0.3, -0.25) is 0 Å². The molecule has 1 aromatic heterocycles. The molecular formula is C15H13ClFN3. The van der Waals surface area contributed by atoms with Gasteiger partial charge in [-0.1, -0.05) is 24.3 Å². The Kier molecular flexibility index (Phi) is 3.56. The third-order valence-corrected chi connectivity index (χ3v) is 3.39. The first-order valence-electron chi connectivity index (χ1n) is 6.27. The number of aromatic amines is 1. The minimum Gasteiger partial charge on any atom is -0.352 e. The summed E-state index contributed by atoms with van der Waals surface area (Å²) in [4.78, 5) is 7.39. The summed E-state index contributed by atoms with van der Waals surface area (Å²) in [6.07, 6.45) is 0. The summed E-state index contributed by atoms with van der Waals surface area (Å²) in [5.41, 5.74) is 3.65. The van der Waals surface area contributed by atoms with Crippen molar-refractivity contribution in [3.05, 3.63) is 59.4 Å². The Balaban J connectivity index is 1.72. The summed E-state index contributed by atoms with van der Waals surface area (Å²) < 4.78 is 13.1. The number of anilines is 1. The second-order valence-corrected chi connectivity index (χ2v) is 4.82. The molecule has 3 rings (SSSR count). The van der Waals surface area contributed by atoms with Gasteiger partial charge in [0.15, 0.2) is 0 Å². The third kappa shape index (κ3) is 2.75. The number of halogens is 2. The molecule has 0 unspecified atom stereocenters. The summed E-state index contributed by atoms with van der Waals surface area (Å²) in [6.45, 7) is 0.644. The van der Waals surface area contributed by atoms with Crippen LogP contribution in [0, 0.1) is 5.82 Å². The van der Waals surface area contributed by atoms with E-state index in [-0.39, 0.29) is 5.82 Å². The van der Waals surface area contributed by atoms with Crippen LogP contribution in [0.15, 0.2) is 42.5 Å². The van der Waals surface area contributed by atoms with Gasteiger partial charge < -0.3 is 10.3 Å². The van der Waals surface area contributed by atoms with Crippen LogP contribution in [0.2, 0.25) is 0 Å². The average Bonchev–Trinajstić information content (AvgIpc) is 2.87. The molecule has 0 saturated carbocycles. The topological polar surface area (TPSA) is 40.7 Å². The number of imidazole rings is 1. The van der Waals surface area contributed by atoms with Crippen LogP contribution >= 0.6 is 11.6 Å². The van der Waals surface area contributed by atoms with E-state index in [1.54, 1.807) is 6.07 Å². The summed E-state index contributed by atoms with van der Waals surface area (Å²) in [5.74, 6) is 0.874. The number of nitrogens with zero attached hydrogens (tertiary/aromatic N) is 1. The van der Waals surface area contributed by atoms with Crippen molar-refractivity contribution in [2.75, 3.05) is 5.32 Å². The Morgan fingerprint density at radius 1 is 1.10 bits per heavy atom. The number of aromatic nitrogens is 2. The monoisotopic (exact) mass is 289 g/mol. The molecule has 1 heterocycles. The lowest BCUT2D eigenvalue weighted by atomic mass is 10.1. The first-order chi connectivity index (χ1) is 9.74. The smallest absolute Gasteiger partial charge is 0.201 e. The highest BCUT2D eigenvalue weighted by Gasteiger charge is 2.03. The van der Waals surface area contributed by atoms with Crippen molar-refractivity contribution < 1.29 is 4.39 Å². The maximum absolute atomic E-state index is 13.1. The number of hydrogen-bond donors (Lipinski definition) is 2. The van der Waals surface area contributed by atoms with Crippen molar-refractivity contribution in [2.24, 2.45) is 0 Å². The van der Waals surface area contributed by atoms with Crippen molar-refractivity contribution in [1.29, 1.82) is 0 Å². The van der Waals surface area contributed by atoms with Crippen LogP contribution in [-0.2, 0) is 12.4 Å². The van der Waals surface area contributed by atoms with Crippen LogP contribution in [0.3, 0.4) is 0 Å². The highest BCUT2D eigenvalue weighted by atomic mass is 35.5. The van der Waals surface area contributed by atoms with Crippen LogP contribution in [0.25, 0.3) is 11.0 Å². The average molecular weight is 290 g/mol. The van der Waals surface area contributed by atoms with Crippen LogP contribution in [0.1, 0.15) is 11.1 Å². The predicted octanol–water partition coefficient (Wildman–Crippen LogP) is 4.05. The van der Waals surface area contributed by atoms with E-state index in [0.717, 1.165) is 16.6 Å². The molecule has 20 heavy (non-hydrogen) atoms. The minimum absolute atomic E-state index is 0.274. The van der Waals surface area contributed by atoms with Gasteiger partial charge in [-0.2, -0.15) is 0 Å². The molecule has 2 N–H and O–H groups in total. The van der Waals surface area contributed by atoms with Gasteiger partial charge >= 0.3 is 0 Å². The molecule has 3 aromatic rings. The molecule has 0 amide bonds. The molecule has 0 aliphatic heterocycles. The van der Waals surface area contributed by atoms with Crippen LogP contribution in [-0.4, -0.2) is 9.97 Å². The standard InChI is InChI=1S/C15H13ClFN3/c16-8-10-1-3-11(4-2-10)9-18-15-19-13-6-5-12(17)7-14(13)20-15/h1-7H,8-9H2,(H2,18,19,20). The molecule has 0 fully saturated rings. The van der Waals surface area contributed by atoms with Gasteiger partial charge in [-0.15, -0.1) is 11.6 Å². The van der Waals surface area contributed by atoms with Gasteiger partial charge in [0.2, 0.25) is 5.95 Å². The lowest BCUT2D eigenvalue weighted by molar-refractivity contribution is 0.629. The highest BCUT2D eigenvalue weighted by molar-refractivity contribution is 6.17. The van der Waals surface area contributed by atoms with Crippen LogP contribution in [0.4, 0.5) is 10.3 Å². The molecule has 0 bridgehead atoms. The Bertz CT molecular complexity index is 722. The lowest BCUT2D eigenvalue weighted by Gasteiger charge is -2.03. The number of hydrogen-bond acceptors (Lipinski definition) is 2. The Labute approximate surface area is 120 Å². The van der Waals surface area contributed by atoms with E-state index in [1.807, 2.05) is 24.3 Å². The Hall–Kier alpha value is -2.07. The van der Waals surface area contributed by atoms with E-state index in [0.29, 0.717) is 23.9 Å². The molecular weight excluding hydrogens is 277 g/mol. The van der Waals surface area contributed by atoms with Gasteiger partial charge in [-0.25, -0.2) is 9.37 Å². The molecule has 5 heteroatoms. The van der Waals surface area contributed by atoms with Crippen molar-refractivity contribution in [3.8, 4) is 0 Å². The second kappa shape index (κ2) is 5.51. The molecule has 0 aliphatic rings. The third-order valence-electron chi connectivity index (χ3n) is 3.08. The zero-order chi connectivity index (χ0) is 13.9. The fourth-order valence-corrected chi connectivity index (χ4v) is 2.18. The van der Waals surface area contributed by atoms with Gasteiger partial charge in [0.05, 0.1) is 11.0 Å². The SMILES string of the molecule is Fc1ccc2nc(NCc3ccc(CCl)cc3)[nH]c2c1.